The Hall–Kier alpha value is -3.88. The van der Waals surface area contributed by atoms with Crippen molar-refractivity contribution in [3.63, 3.8) is 0 Å². The van der Waals surface area contributed by atoms with Crippen LogP contribution in [-0.4, -0.2) is 42.8 Å². The number of anilines is 1. The van der Waals surface area contributed by atoms with Crippen LogP contribution >= 0.6 is 0 Å². The average Bonchev–Trinajstić information content (AvgIpc) is 2.68. The molecule has 0 aromatic heterocycles. The van der Waals surface area contributed by atoms with E-state index in [1.165, 1.54) is 19.4 Å². The van der Waals surface area contributed by atoms with Crippen LogP contribution in [0, 0.1) is 6.92 Å². The van der Waals surface area contributed by atoms with Crippen molar-refractivity contribution in [2.75, 3.05) is 19.0 Å². The number of hydrogen-bond acceptors (Lipinski definition) is 6. The van der Waals surface area contributed by atoms with Gasteiger partial charge in [-0.3, -0.25) is 9.59 Å². The number of rotatable bonds is 7. The van der Waals surface area contributed by atoms with E-state index in [2.05, 4.69) is 15.8 Å². The lowest BCUT2D eigenvalue weighted by Gasteiger charge is -2.09. The Morgan fingerprint density at radius 3 is 2.54 bits per heavy atom. The molecule has 0 saturated heterocycles. The van der Waals surface area contributed by atoms with Gasteiger partial charge >= 0.3 is 17.8 Å². The number of nitrogens with zero attached hydrogens (tertiary/aromatic N) is 1. The number of hydrogen-bond donors (Lipinski definition) is 3. The van der Waals surface area contributed by atoms with E-state index in [0.717, 1.165) is 5.56 Å². The Balaban J connectivity index is 1.96. The van der Waals surface area contributed by atoms with Crippen LogP contribution in [0.3, 0.4) is 0 Å². The van der Waals surface area contributed by atoms with Crippen LogP contribution in [0.15, 0.2) is 47.6 Å². The summed E-state index contributed by atoms with van der Waals surface area (Å²) in [6.07, 6.45) is 1.31. The molecule has 0 aliphatic rings. The molecule has 0 aliphatic heterocycles. The zero-order chi connectivity index (χ0) is 20.5. The molecule has 2 aromatic rings. The maximum Gasteiger partial charge on any atom is 0.341 e. The summed E-state index contributed by atoms with van der Waals surface area (Å²) in [7, 11) is 1.40. The predicted octanol–water partition coefficient (Wildman–Crippen LogP) is 1.56. The van der Waals surface area contributed by atoms with Crippen molar-refractivity contribution in [1.82, 2.24) is 5.43 Å². The number of carboxylic acid groups (broad SMARTS) is 1. The highest BCUT2D eigenvalue weighted by atomic mass is 16.5. The average molecular weight is 385 g/mol. The zero-order valence-electron chi connectivity index (χ0n) is 15.3. The van der Waals surface area contributed by atoms with Gasteiger partial charge in [0.25, 0.3) is 0 Å². The summed E-state index contributed by atoms with van der Waals surface area (Å²) in [6.45, 7) is 1.30. The van der Waals surface area contributed by atoms with Gasteiger partial charge in [-0.2, -0.15) is 5.10 Å². The van der Waals surface area contributed by atoms with Crippen LogP contribution in [0.25, 0.3) is 0 Å². The first-order valence-electron chi connectivity index (χ1n) is 8.13. The molecule has 0 radical (unpaired) electrons. The number of aliphatic carboxylic acids is 1. The van der Waals surface area contributed by atoms with Crippen molar-refractivity contribution in [3.05, 3.63) is 53.6 Å². The van der Waals surface area contributed by atoms with E-state index in [-0.39, 0.29) is 5.75 Å². The molecule has 3 N–H and O–H groups in total. The summed E-state index contributed by atoms with van der Waals surface area (Å²) in [6, 6.07) is 11.7. The molecule has 28 heavy (non-hydrogen) atoms. The molecular weight excluding hydrogens is 366 g/mol. The van der Waals surface area contributed by atoms with Crippen LogP contribution in [-0.2, 0) is 14.4 Å². The fraction of sp³-hybridized carbons (Fsp3) is 0.158. The van der Waals surface area contributed by atoms with Gasteiger partial charge in [-0.05, 0) is 42.3 Å². The third-order valence-electron chi connectivity index (χ3n) is 3.52. The van der Waals surface area contributed by atoms with Gasteiger partial charge in [0.15, 0.2) is 18.1 Å². The Labute approximate surface area is 161 Å². The Morgan fingerprint density at radius 1 is 1.11 bits per heavy atom. The van der Waals surface area contributed by atoms with Gasteiger partial charge < -0.3 is 19.9 Å². The van der Waals surface area contributed by atoms with Crippen molar-refractivity contribution >= 4 is 29.7 Å². The number of carbonyl (C=O) groups excluding carboxylic acids is 2. The Morgan fingerprint density at radius 2 is 1.86 bits per heavy atom. The molecule has 0 atom stereocenters. The van der Waals surface area contributed by atoms with Crippen molar-refractivity contribution in [2.24, 2.45) is 5.10 Å². The molecule has 0 unspecified atom stereocenters. The van der Waals surface area contributed by atoms with Crippen molar-refractivity contribution in [3.8, 4) is 11.5 Å². The molecule has 0 saturated carbocycles. The highest BCUT2D eigenvalue weighted by Crippen LogP contribution is 2.27. The number of carbonyl (C=O) groups is 3. The van der Waals surface area contributed by atoms with Gasteiger partial charge in [-0.25, -0.2) is 10.2 Å². The highest BCUT2D eigenvalue weighted by Gasteiger charge is 2.13. The minimum Gasteiger partial charge on any atom is -0.493 e. The monoisotopic (exact) mass is 385 g/mol. The lowest BCUT2D eigenvalue weighted by atomic mass is 10.2. The van der Waals surface area contributed by atoms with Gasteiger partial charge in [0.2, 0.25) is 0 Å². The van der Waals surface area contributed by atoms with Crippen molar-refractivity contribution in [2.45, 2.75) is 6.92 Å². The highest BCUT2D eigenvalue weighted by molar-refractivity contribution is 6.39. The van der Waals surface area contributed by atoms with Crippen LogP contribution in [0.4, 0.5) is 5.69 Å². The predicted molar refractivity (Wildman–Crippen MR) is 102 cm³/mol. The van der Waals surface area contributed by atoms with Crippen LogP contribution in [0.5, 0.6) is 11.5 Å². The SMILES string of the molecule is COc1cc(/C=N\NC(=O)C(=O)Nc2ccccc2C)ccc1OCC(=O)O. The summed E-state index contributed by atoms with van der Waals surface area (Å²) in [5.41, 5.74) is 4.03. The molecule has 146 valence electrons. The zero-order valence-corrected chi connectivity index (χ0v) is 15.3. The number of hydrazone groups is 1. The van der Waals surface area contributed by atoms with Crippen LogP contribution < -0.4 is 20.2 Å². The summed E-state index contributed by atoms with van der Waals surface area (Å²) in [5.74, 6) is -2.33. The van der Waals surface area contributed by atoms with E-state index in [4.69, 9.17) is 14.6 Å². The van der Waals surface area contributed by atoms with E-state index in [1.807, 2.05) is 19.1 Å². The molecule has 2 amide bonds. The van der Waals surface area contributed by atoms with Crippen molar-refractivity contribution in [1.29, 1.82) is 0 Å². The number of ether oxygens (including phenoxy) is 2. The normalized spacial score (nSPS) is 10.4. The lowest BCUT2D eigenvalue weighted by molar-refractivity contribution is -0.139. The van der Waals surface area contributed by atoms with Gasteiger partial charge in [0, 0.05) is 5.69 Å². The fourth-order valence-corrected chi connectivity index (χ4v) is 2.13. The van der Waals surface area contributed by atoms with Crippen LogP contribution in [0.1, 0.15) is 11.1 Å². The number of carboxylic acids is 1. The minimum atomic E-state index is -1.11. The number of nitrogens with one attached hydrogen (secondary N) is 2. The number of amides is 2. The number of aryl methyl sites for hydroxylation is 1. The summed E-state index contributed by atoms with van der Waals surface area (Å²) in [4.78, 5) is 34.3. The third-order valence-corrected chi connectivity index (χ3v) is 3.52. The maximum absolute atomic E-state index is 11.9. The van der Waals surface area contributed by atoms with Crippen molar-refractivity contribution < 1.29 is 29.0 Å². The third kappa shape index (κ3) is 5.84. The molecular formula is C19H19N3O6. The van der Waals surface area contributed by atoms with Gasteiger partial charge in [0.1, 0.15) is 0 Å². The molecule has 0 fully saturated rings. The second-order valence-electron chi connectivity index (χ2n) is 5.56. The number of methoxy groups -OCH3 is 1. The summed E-state index contributed by atoms with van der Waals surface area (Å²) >= 11 is 0. The summed E-state index contributed by atoms with van der Waals surface area (Å²) in [5, 5.41) is 14.9. The molecule has 0 spiro atoms. The van der Waals surface area contributed by atoms with Crippen LogP contribution in [0.2, 0.25) is 0 Å². The fourth-order valence-electron chi connectivity index (χ4n) is 2.13. The molecule has 2 rings (SSSR count). The van der Waals surface area contributed by atoms with Gasteiger partial charge in [-0.15, -0.1) is 0 Å². The molecule has 0 heterocycles. The van der Waals surface area contributed by atoms with Gasteiger partial charge in [-0.1, -0.05) is 18.2 Å². The van der Waals surface area contributed by atoms with E-state index >= 15 is 0 Å². The topological polar surface area (TPSA) is 126 Å². The second-order valence-corrected chi connectivity index (χ2v) is 5.56. The number of benzene rings is 2. The second kappa shape index (κ2) is 9.72. The van der Waals surface area contributed by atoms with E-state index in [0.29, 0.717) is 17.0 Å². The summed E-state index contributed by atoms with van der Waals surface area (Å²) < 4.78 is 10.2. The molecule has 2 aromatic carbocycles. The molecule has 9 nitrogen and oxygen atoms in total. The van der Waals surface area contributed by atoms with E-state index in [1.54, 1.807) is 24.3 Å². The maximum atomic E-state index is 11.9. The first kappa shape index (κ1) is 20.4. The van der Waals surface area contributed by atoms with E-state index in [9.17, 15) is 14.4 Å². The number of para-hydroxylation sites is 1. The van der Waals surface area contributed by atoms with E-state index < -0.39 is 24.4 Å². The Kier molecular flexibility index (Phi) is 7.09. The molecule has 0 aliphatic carbocycles. The lowest BCUT2D eigenvalue weighted by Crippen LogP contribution is -2.32. The smallest absolute Gasteiger partial charge is 0.341 e. The standard InChI is InChI=1S/C19H19N3O6/c1-12-5-3-4-6-14(12)21-18(25)19(26)22-20-10-13-7-8-15(16(9-13)27-2)28-11-17(23)24/h3-10H,11H2,1-2H3,(H,21,25)(H,22,26)(H,23,24)/b20-10-. The largest absolute Gasteiger partial charge is 0.493 e. The first-order valence-corrected chi connectivity index (χ1v) is 8.13. The first-order chi connectivity index (χ1) is 13.4. The molecule has 0 bridgehead atoms. The minimum absolute atomic E-state index is 0.253. The molecule has 9 heteroatoms. The quantitative estimate of drug-likeness (QED) is 0.377. The Bertz CT molecular complexity index is 910. The van der Waals surface area contributed by atoms with Gasteiger partial charge in [0.05, 0.1) is 13.3 Å².